The van der Waals surface area contributed by atoms with E-state index in [4.69, 9.17) is 4.74 Å². The molecule has 0 unspecified atom stereocenters. The highest BCUT2D eigenvalue weighted by molar-refractivity contribution is 5.94. The molecule has 7 heteroatoms. The van der Waals surface area contributed by atoms with Crippen LogP contribution in [0.1, 0.15) is 56.6 Å². The molecule has 0 bridgehead atoms. The molecule has 1 aromatic rings. The van der Waals surface area contributed by atoms with Crippen LogP contribution in [0.5, 0.6) is 0 Å². The van der Waals surface area contributed by atoms with Crippen LogP contribution < -0.4 is 4.90 Å². The minimum atomic E-state index is -0.0811. The van der Waals surface area contributed by atoms with E-state index in [1.54, 1.807) is 0 Å². The first-order valence-corrected chi connectivity index (χ1v) is 12.1. The van der Waals surface area contributed by atoms with Gasteiger partial charge in [-0.1, -0.05) is 6.07 Å². The van der Waals surface area contributed by atoms with Gasteiger partial charge in [0.2, 0.25) is 0 Å². The number of hydrogen-bond donors (Lipinski definition) is 0. The number of anilines is 1. The highest BCUT2D eigenvalue weighted by Gasteiger charge is 2.36. The average molecular weight is 464 g/mol. The number of carbonyl (C=O) groups excluding carboxylic acids is 2. The van der Waals surface area contributed by atoms with Crippen LogP contribution in [0.4, 0.5) is 10.5 Å². The van der Waals surface area contributed by atoms with Gasteiger partial charge in [-0.15, -0.1) is 12.4 Å². The zero-order valence-corrected chi connectivity index (χ0v) is 20.4. The Morgan fingerprint density at radius 3 is 2.47 bits per heavy atom. The second-order valence-electron chi connectivity index (χ2n) is 9.40. The number of esters is 1. The highest BCUT2D eigenvalue weighted by atomic mass is 35.5. The molecule has 2 heterocycles. The molecule has 32 heavy (non-hydrogen) atoms. The SMILES string of the molecule is CCOC(=O)CC[C@H]1CC[C@H](N2CCN(c3ccc4c(c3)CCN(C)CC4)C2=O)CC1.Cl. The molecule has 2 aliphatic heterocycles. The van der Waals surface area contributed by atoms with Crippen molar-refractivity contribution in [2.45, 2.75) is 64.3 Å². The zero-order chi connectivity index (χ0) is 21.8. The van der Waals surface area contributed by atoms with E-state index >= 15 is 0 Å². The van der Waals surface area contributed by atoms with Crippen LogP contribution in [0.15, 0.2) is 18.2 Å². The number of urea groups is 1. The maximum Gasteiger partial charge on any atom is 0.324 e. The molecule has 4 rings (SSSR count). The molecule has 0 radical (unpaired) electrons. The van der Waals surface area contributed by atoms with E-state index in [1.807, 2.05) is 11.8 Å². The van der Waals surface area contributed by atoms with Crippen LogP contribution >= 0.6 is 12.4 Å². The van der Waals surface area contributed by atoms with Gasteiger partial charge in [-0.2, -0.15) is 0 Å². The van der Waals surface area contributed by atoms with Gasteiger partial charge in [0.05, 0.1) is 6.61 Å². The summed E-state index contributed by atoms with van der Waals surface area (Å²) in [5.74, 6) is 0.500. The predicted octanol–water partition coefficient (Wildman–Crippen LogP) is 4.28. The maximum absolute atomic E-state index is 13.2. The van der Waals surface area contributed by atoms with E-state index < -0.39 is 0 Å². The lowest BCUT2D eigenvalue weighted by Gasteiger charge is -2.34. The second-order valence-corrected chi connectivity index (χ2v) is 9.40. The van der Waals surface area contributed by atoms with Crippen molar-refractivity contribution >= 4 is 30.1 Å². The number of amides is 2. The molecule has 6 nitrogen and oxygen atoms in total. The fraction of sp³-hybridized carbons (Fsp3) is 0.680. The third kappa shape index (κ3) is 5.76. The molecular weight excluding hydrogens is 426 g/mol. The normalized spacial score (nSPS) is 24.0. The summed E-state index contributed by atoms with van der Waals surface area (Å²) >= 11 is 0. The molecule has 178 valence electrons. The van der Waals surface area contributed by atoms with Gasteiger partial charge in [0.1, 0.15) is 0 Å². The van der Waals surface area contributed by atoms with Crippen molar-refractivity contribution < 1.29 is 14.3 Å². The number of hydrogen-bond acceptors (Lipinski definition) is 4. The standard InChI is InChI=1S/C25H37N3O3.ClH/c1-3-31-24(29)11-6-19-4-8-22(9-5-19)27-16-17-28(25(27)30)23-10-7-20-12-14-26(2)15-13-21(20)18-23;/h7,10,18-19,22H,3-6,8-9,11-17H2,1-2H3;1H/t19-,22-;. The summed E-state index contributed by atoms with van der Waals surface area (Å²) in [5.41, 5.74) is 3.88. The van der Waals surface area contributed by atoms with Gasteiger partial charge < -0.3 is 14.5 Å². The zero-order valence-electron chi connectivity index (χ0n) is 19.6. The van der Waals surface area contributed by atoms with Gasteiger partial charge in [0, 0.05) is 44.3 Å². The summed E-state index contributed by atoms with van der Waals surface area (Å²) in [6.45, 7) is 6.09. The topological polar surface area (TPSA) is 53.1 Å². The number of halogens is 1. The van der Waals surface area contributed by atoms with E-state index in [1.165, 1.54) is 11.1 Å². The molecule has 1 aliphatic carbocycles. The van der Waals surface area contributed by atoms with Gasteiger partial charge in [-0.25, -0.2) is 4.79 Å². The molecular formula is C25H38ClN3O3. The largest absolute Gasteiger partial charge is 0.466 e. The average Bonchev–Trinajstić information content (AvgIpc) is 3.06. The minimum absolute atomic E-state index is 0. The Bertz CT molecular complexity index is 795. The van der Waals surface area contributed by atoms with E-state index in [2.05, 4.69) is 35.0 Å². The molecule has 2 fully saturated rings. The molecule has 0 atom stereocenters. The van der Waals surface area contributed by atoms with E-state index in [-0.39, 0.29) is 24.4 Å². The van der Waals surface area contributed by atoms with E-state index in [9.17, 15) is 9.59 Å². The Morgan fingerprint density at radius 2 is 1.75 bits per heavy atom. The number of likely N-dealkylation sites (N-methyl/N-ethyl adjacent to an activating group) is 1. The first-order valence-electron chi connectivity index (χ1n) is 12.1. The molecule has 1 saturated heterocycles. The van der Waals surface area contributed by atoms with Gasteiger partial charge in [0.25, 0.3) is 0 Å². The Labute approximate surface area is 198 Å². The fourth-order valence-electron chi connectivity index (χ4n) is 5.42. The summed E-state index contributed by atoms with van der Waals surface area (Å²) in [6, 6.07) is 7.13. The number of carbonyl (C=O) groups is 2. The lowest BCUT2D eigenvalue weighted by Crippen LogP contribution is -2.41. The second kappa shape index (κ2) is 11.4. The summed E-state index contributed by atoms with van der Waals surface area (Å²) in [6.07, 6.45) is 7.87. The van der Waals surface area contributed by atoms with Crippen molar-refractivity contribution in [3.63, 3.8) is 0 Å². The van der Waals surface area contributed by atoms with Crippen LogP contribution in [-0.4, -0.2) is 67.7 Å². The number of fused-ring (bicyclic) bond motifs is 1. The Morgan fingerprint density at radius 1 is 1.03 bits per heavy atom. The number of benzene rings is 1. The first kappa shape index (κ1) is 24.8. The number of ether oxygens (including phenoxy) is 1. The number of rotatable bonds is 6. The van der Waals surface area contributed by atoms with Crippen molar-refractivity contribution in [1.29, 1.82) is 0 Å². The van der Waals surface area contributed by atoms with Gasteiger partial charge in [0.15, 0.2) is 0 Å². The lowest BCUT2D eigenvalue weighted by atomic mass is 9.83. The molecule has 0 N–H and O–H groups in total. The third-order valence-corrected chi connectivity index (χ3v) is 7.39. The number of nitrogens with zero attached hydrogens (tertiary/aromatic N) is 3. The van der Waals surface area contributed by atoms with Crippen molar-refractivity contribution in [1.82, 2.24) is 9.80 Å². The Hall–Kier alpha value is -1.79. The highest BCUT2D eigenvalue weighted by Crippen LogP contribution is 2.33. The monoisotopic (exact) mass is 463 g/mol. The van der Waals surface area contributed by atoms with Crippen LogP contribution in [0.3, 0.4) is 0 Å². The predicted molar refractivity (Wildman–Crippen MR) is 130 cm³/mol. The van der Waals surface area contributed by atoms with Crippen molar-refractivity contribution in [3.05, 3.63) is 29.3 Å². The molecule has 3 aliphatic rings. The molecule has 2 amide bonds. The maximum atomic E-state index is 13.2. The van der Waals surface area contributed by atoms with Gasteiger partial charge in [-0.05, 0) is 88.1 Å². The minimum Gasteiger partial charge on any atom is -0.466 e. The van der Waals surface area contributed by atoms with Gasteiger partial charge in [-0.3, -0.25) is 9.69 Å². The van der Waals surface area contributed by atoms with Crippen molar-refractivity contribution in [3.8, 4) is 0 Å². The molecule has 0 aromatic heterocycles. The van der Waals surface area contributed by atoms with Gasteiger partial charge >= 0.3 is 12.0 Å². The Kier molecular flexibility index (Phi) is 8.83. The molecule has 0 spiro atoms. The van der Waals surface area contributed by atoms with E-state index in [0.717, 1.165) is 76.8 Å². The van der Waals surface area contributed by atoms with Crippen LogP contribution in [-0.2, 0) is 22.4 Å². The summed E-state index contributed by atoms with van der Waals surface area (Å²) in [7, 11) is 2.18. The fourth-order valence-corrected chi connectivity index (χ4v) is 5.42. The van der Waals surface area contributed by atoms with Crippen LogP contribution in [0, 0.1) is 5.92 Å². The lowest BCUT2D eigenvalue weighted by molar-refractivity contribution is -0.143. The van der Waals surface area contributed by atoms with E-state index in [0.29, 0.717) is 25.0 Å². The molecule has 1 aromatic carbocycles. The van der Waals surface area contributed by atoms with Crippen molar-refractivity contribution in [2.75, 3.05) is 44.7 Å². The quantitative estimate of drug-likeness (QED) is 0.591. The van der Waals surface area contributed by atoms with Crippen LogP contribution in [0.2, 0.25) is 0 Å². The summed E-state index contributed by atoms with van der Waals surface area (Å²) in [4.78, 5) is 31.3. The first-order chi connectivity index (χ1) is 15.0. The van der Waals surface area contributed by atoms with Crippen LogP contribution in [0.25, 0.3) is 0 Å². The smallest absolute Gasteiger partial charge is 0.324 e. The summed E-state index contributed by atoms with van der Waals surface area (Å²) in [5, 5.41) is 0. The van der Waals surface area contributed by atoms with Crippen molar-refractivity contribution in [2.24, 2.45) is 5.92 Å². The Balaban J connectivity index is 0.00000289. The third-order valence-electron chi connectivity index (χ3n) is 7.39. The summed E-state index contributed by atoms with van der Waals surface area (Å²) < 4.78 is 5.05. The molecule has 1 saturated carbocycles.